The lowest BCUT2D eigenvalue weighted by Gasteiger charge is -2.07. The highest BCUT2D eigenvalue weighted by Gasteiger charge is 2.07. The lowest BCUT2D eigenvalue weighted by Crippen LogP contribution is -2.07. The van der Waals surface area contributed by atoms with Crippen LogP contribution in [0.1, 0.15) is 25.6 Å². The summed E-state index contributed by atoms with van der Waals surface area (Å²) in [6, 6.07) is 1.99. The number of aromatic nitrogens is 2. The first-order chi connectivity index (χ1) is 8.70. The molecule has 0 fully saturated rings. The molecule has 0 atom stereocenters. The predicted octanol–water partition coefficient (Wildman–Crippen LogP) is 2.53. The van der Waals surface area contributed by atoms with E-state index in [-0.39, 0.29) is 6.42 Å². The quantitative estimate of drug-likeness (QED) is 0.785. The fourth-order valence-corrected chi connectivity index (χ4v) is 2.42. The van der Waals surface area contributed by atoms with E-state index in [9.17, 15) is 4.79 Å². The fraction of sp³-hybridized carbons (Fsp3) is 0.417. The van der Waals surface area contributed by atoms with E-state index in [2.05, 4.69) is 15.3 Å². The Morgan fingerprint density at radius 2 is 2.33 bits per heavy atom. The Morgan fingerprint density at radius 3 is 3.06 bits per heavy atom. The third kappa shape index (κ3) is 2.95. The lowest BCUT2D eigenvalue weighted by atomic mass is 10.3. The number of carboxylic acids is 1. The van der Waals surface area contributed by atoms with Gasteiger partial charge in [-0.3, -0.25) is 4.79 Å². The van der Waals surface area contributed by atoms with E-state index < -0.39 is 5.97 Å². The summed E-state index contributed by atoms with van der Waals surface area (Å²) in [4.78, 5) is 20.3. The zero-order chi connectivity index (χ0) is 13.0. The Hall–Kier alpha value is -1.69. The number of anilines is 1. The van der Waals surface area contributed by atoms with Gasteiger partial charge in [-0.1, -0.05) is 6.92 Å². The van der Waals surface area contributed by atoms with Crippen molar-refractivity contribution in [2.75, 3.05) is 11.9 Å². The lowest BCUT2D eigenvalue weighted by molar-refractivity contribution is -0.137. The molecule has 2 heterocycles. The van der Waals surface area contributed by atoms with Crippen molar-refractivity contribution in [2.24, 2.45) is 0 Å². The SMILES string of the molecule is CCc1nc(NCCCC(=O)O)c2ccsc2n1. The molecule has 0 aliphatic carbocycles. The average molecular weight is 265 g/mol. The minimum absolute atomic E-state index is 0.172. The van der Waals surface area contributed by atoms with Crippen LogP contribution in [-0.4, -0.2) is 27.6 Å². The Morgan fingerprint density at radius 1 is 1.50 bits per heavy atom. The van der Waals surface area contributed by atoms with E-state index in [0.717, 1.165) is 28.3 Å². The highest BCUT2D eigenvalue weighted by Crippen LogP contribution is 2.25. The number of nitrogens with zero attached hydrogens (tertiary/aromatic N) is 2. The second-order valence-electron chi connectivity index (χ2n) is 3.91. The summed E-state index contributed by atoms with van der Waals surface area (Å²) in [5.41, 5.74) is 0. The number of aryl methyl sites for hydroxylation is 1. The molecular formula is C12H15N3O2S. The van der Waals surface area contributed by atoms with Crippen LogP contribution in [0.4, 0.5) is 5.82 Å². The summed E-state index contributed by atoms with van der Waals surface area (Å²) in [6.07, 6.45) is 1.55. The van der Waals surface area contributed by atoms with Crippen molar-refractivity contribution in [1.82, 2.24) is 9.97 Å². The second-order valence-corrected chi connectivity index (χ2v) is 4.80. The molecule has 0 aromatic carbocycles. The molecule has 0 spiro atoms. The van der Waals surface area contributed by atoms with Crippen molar-refractivity contribution in [3.63, 3.8) is 0 Å². The van der Waals surface area contributed by atoms with Crippen molar-refractivity contribution in [2.45, 2.75) is 26.2 Å². The van der Waals surface area contributed by atoms with Crippen molar-refractivity contribution < 1.29 is 9.90 Å². The van der Waals surface area contributed by atoms with Gasteiger partial charge in [0.1, 0.15) is 16.5 Å². The van der Waals surface area contributed by atoms with E-state index in [0.29, 0.717) is 13.0 Å². The molecule has 96 valence electrons. The first kappa shape index (κ1) is 12.8. The summed E-state index contributed by atoms with van der Waals surface area (Å²) in [7, 11) is 0. The van der Waals surface area contributed by atoms with Crippen LogP contribution in [-0.2, 0) is 11.2 Å². The van der Waals surface area contributed by atoms with E-state index in [1.54, 1.807) is 11.3 Å². The van der Waals surface area contributed by atoms with E-state index in [1.165, 1.54) is 0 Å². The number of rotatable bonds is 6. The van der Waals surface area contributed by atoms with E-state index in [4.69, 9.17) is 5.11 Å². The van der Waals surface area contributed by atoms with Gasteiger partial charge in [0.2, 0.25) is 0 Å². The molecule has 0 saturated heterocycles. The van der Waals surface area contributed by atoms with Crippen LogP contribution in [0.3, 0.4) is 0 Å². The van der Waals surface area contributed by atoms with Crippen LogP contribution >= 0.6 is 11.3 Å². The molecule has 6 heteroatoms. The molecule has 0 radical (unpaired) electrons. The van der Waals surface area contributed by atoms with Crippen LogP contribution in [0.25, 0.3) is 10.2 Å². The Kier molecular flexibility index (Phi) is 4.09. The van der Waals surface area contributed by atoms with Crippen LogP contribution < -0.4 is 5.32 Å². The maximum Gasteiger partial charge on any atom is 0.303 e. The van der Waals surface area contributed by atoms with Gasteiger partial charge in [0.25, 0.3) is 0 Å². The van der Waals surface area contributed by atoms with Gasteiger partial charge < -0.3 is 10.4 Å². The van der Waals surface area contributed by atoms with Crippen LogP contribution in [0.5, 0.6) is 0 Å². The first-order valence-electron chi connectivity index (χ1n) is 5.90. The minimum atomic E-state index is -0.769. The average Bonchev–Trinajstić information content (AvgIpc) is 2.82. The maximum atomic E-state index is 10.4. The molecule has 0 unspecified atom stereocenters. The van der Waals surface area contributed by atoms with Gasteiger partial charge in [-0.2, -0.15) is 0 Å². The van der Waals surface area contributed by atoms with Gasteiger partial charge in [0.15, 0.2) is 0 Å². The zero-order valence-electron chi connectivity index (χ0n) is 10.1. The molecule has 0 aliphatic rings. The summed E-state index contributed by atoms with van der Waals surface area (Å²) in [6.45, 7) is 2.63. The third-order valence-electron chi connectivity index (χ3n) is 2.55. The third-order valence-corrected chi connectivity index (χ3v) is 3.35. The predicted molar refractivity (Wildman–Crippen MR) is 72.2 cm³/mol. The van der Waals surface area contributed by atoms with Crippen molar-refractivity contribution in [3.8, 4) is 0 Å². The molecule has 0 saturated carbocycles. The van der Waals surface area contributed by atoms with Gasteiger partial charge in [-0.05, 0) is 17.9 Å². The normalized spacial score (nSPS) is 10.7. The molecule has 2 aromatic heterocycles. The molecule has 18 heavy (non-hydrogen) atoms. The molecule has 0 aliphatic heterocycles. The number of carboxylic acid groups (broad SMARTS) is 1. The second kappa shape index (κ2) is 5.77. The fourth-order valence-electron chi connectivity index (χ4n) is 1.64. The standard InChI is InChI=1S/C12H15N3O2S/c1-2-9-14-11(13-6-3-4-10(16)17)8-5-7-18-12(8)15-9/h5,7H,2-4,6H2,1H3,(H,16,17)(H,13,14,15). The summed E-state index contributed by atoms with van der Waals surface area (Å²) in [5.74, 6) is 0.851. The number of fused-ring (bicyclic) bond motifs is 1. The highest BCUT2D eigenvalue weighted by molar-refractivity contribution is 7.16. The Bertz CT molecular complexity index is 553. The summed E-state index contributed by atoms with van der Waals surface area (Å²) >= 11 is 1.59. The Balaban J connectivity index is 2.10. The van der Waals surface area contributed by atoms with E-state index >= 15 is 0 Å². The van der Waals surface area contributed by atoms with Crippen molar-refractivity contribution in [3.05, 3.63) is 17.3 Å². The van der Waals surface area contributed by atoms with Crippen LogP contribution in [0.15, 0.2) is 11.4 Å². The van der Waals surface area contributed by atoms with Crippen LogP contribution in [0.2, 0.25) is 0 Å². The topological polar surface area (TPSA) is 75.1 Å². The number of aliphatic carboxylic acids is 1. The minimum Gasteiger partial charge on any atom is -0.481 e. The van der Waals surface area contributed by atoms with Gasteiger partial charge in [0.05, 0.1) is 5.39 Å². The molecule has 2 N–H and O–H groups in total. The number of nitrogens with one attached hydrogen (secondary N) is 1. The smallest absolute Gasteiger partial charge is 0.303 e. The first-order valence-corrected chi connectivity index (χ1v) is 6.78. The van der Waals surface area contributed by atoms with Gasteiger partial charge in [0, 0.05) is 19.4 Å². The van der Waals surface area contributed by atoms with Gasteiger partial charge >= 0.3 is 5.97 Å². The molecule has 5 nitrogen and oxygen atoms in total. The van der Waals surface area contributed by atoms with E-state index in [1.807, 2.05) is 18.4 Å². The molecular weight excluding hydrogens is 250 g/mol. The molecule has 0 amide bonds. The molecule has 0 bridgehead atoms. The maximum absolute atomic E-state index is 10.4. The monoisotopic (exact) mass is 265 g/mol. The number of hydrogen-bond acceptors (Lipinski definition) is 5. The van der Waals surface area contributed by atoms with Gasteiger partial charge in [-0.25, -0.2) is 9.97 Å². The summed E-state index contributed by atoms with van der Waals surface area (Å²) < 4.78 is 0. The molecule has 2 rings (SSSR count). The largest absolute Gasteiger partial charge is 0.481 e. The number of thiophene rings is 1. The van der Waals surface area contributed by atoms with Crippen LogP contribution in [0, 0.1) is 0 Å². The Labute approximate surface area is 109 Å². The van der Waals surface area contributed by atoms with Gasteiger partial charge in [-0.15, -0.1) is 11.3 Å². The highest BCUT2D eigenvalue weighted by atomic mass is 32.1. The summed E-state index contributed by atoms with van der Waals surface area (Å²) in [5, 5.41) is 14.8. The number of hydrogen-bond donors (Lipinski definition) is 2. The van der Waals surface area contributed by atoms with Crippen molar-refractivity contribution in [1.29, 1.82) is 0 Å². The molecule has 2 aromatic rings. The number of carbonyl (C=O) groups is 1. The van der Waals surface area contributed by atoms with Crippen molar-refractivity contribution >= 4 is 33.3 Å². The zero-order valence-corrected chi connectivity index (χ0v) is 11.0.